The topological polar surface area (TPSA) is 38.5 Å². The number of nitrogens with zero attached hydrogens (tertiary/aromatic N) is 1. The van der Waals surface area contributed by atoms with Crippen LogP contribution in [0.4, 0.5) is 10.1 Å². The maximum absolute atomic E-state index is 14.2. The van der Waals surface area contributed by atoms with Gasteiger partial charge in [0.15, 0.2) is 0 Å². The van der Waals surface area contributed by atoms with Crippen molar-refractivity contribution in [2.24, 2.45) is 5.73 Å². The van der Waals surface area contributed by atoms with E-state index in [1.165, 1.54) is 0 Å². The molecule has 2 unspecified atom stereocenters. The van der Waals surface area contributed by atoms with E-state index in [-0.39, 0.29) is 18.0 Å². The Kier molecular flexibility index (Phi) is 4.77. The maximum atomic E-state index is 14.2. The summed E-state index contributed by atoms with van der Waals surface area (Å²) in [7, 11) is 0. The summed E-state index contributed by atoms with van der Waals surface area (Å²) in [6.45, 7) is 6.29. The zero-order chi connectivity index (χ0) is 13.8. The Hall–Kier alpha value is -1.13. The van der Waals surface area contributed by atoms with E-state index in [2.05, 4.69) is 4.90 Å². The molecule has 0 radical (unpaired) electrons. The number of hydrogen-bond acceptors (Lipinski definition) is 3. The average Bonchev–Trinajstić information content (AvgIpc) is 2.53. The molecule has 106 valence electrons. The molecule has 0 saturated carbocycles. The second-order valence-corrected chi connectivity index (χ2v) is 5.45. The van der Waals surface area contributed by atoms with Crippen LogP contribution in [0.1, 0.15) is 25.8 Å². The summed E-state index contributed by atoms with van der Waals surface area (Å²) in [4.78, 5) is 2.07. The highest BCUT2D eigenvalue weighted by Gasteiger charge is 2.18. The van der Waals surface area contributed by atoms with Gasteiger partial charge in [-0.25, -0.2) is 4.39 Å². The minimum atomic E-state index is -0.160. The average molecular weight is 266 g/mol. The lowest BCUT2D eigenvalue weighted by Crippen LogP contribution is -2.30. The zero-order valence-corrected chi connectivity index (χ0v) is 11.7. The van der Waals surface area contributed by atoms with Gasteiger partial charge in [0.05, 0.1) is 11.8 Å². The van der Waals surface area contributed by atoms with Crippen LogP contribution in [0.2, 0.25) is 0 Å². The van der Waals surface area contributed by atoms with E-state index >= 15 is 0 Å². The van der Waals surface area contributed by atoms with Gasteiger partial charge in [0.25, 0.3) is 0 Å². The van der Waals surface area contributed by atoms with Crippen LogP contribution in [0.25, 0.3) is 0 Å². The Morgan fingerprint density at radius 2 is 2.32 bits per heavy atom. The molecular formula is C15H23FN2O. The van der Waals surface area contributed by atoms with Gasteiger partial charge in [-0.3, -0.25) is 0 Å². The first kappa shape index (κ1) is 14.3. The summed E-state index contributed by atoms with van der Waals surface area (Å²) in [5.41, 5.74) is 7.37. The van der Waals surface area contributed by atoms with Gasteiger partial charge >= 0.3 is 0 Å². The minimum absolute atomic E-state index is 0.0526. The quantitative estimate of drug-likeness (QED) is 0.912. The smallest absolute Gasteiger partial charge is 0.146 e. The monoisotopic (exact) mass is 266 g/mol. The predicted octanol–water partition coefficient (Wildman–Crippen LogP) is 2.33. The number of rotatable bonds is 3. The largest absolute Gasteiger partial charge is 0.377 e. The van der Waals surface area contributed by atoms with Crippen LogP contribution in [-0.2, 0) is 11.2 Å². The van der Waals surface area contributed by atoms with Gasteiger partial charge in [0.1, 0.15) is 5.82 Å². The summed E-state index contributed by atoms with van der Waals surface area (Å²) in [5.74, 6) is -0.160. The number of ether oxygens (including phenoxy) is 1. The van der Waals surface area contributed by atoms with Crippen molar-refractivity contribution in [1.82, 2.24) is 0 Å². The molecule has 0 spiro atoms. The van der Waals surface area contributed by atoms with Crippen molar-refractivity contribution >= 4 is 5.69 Å². The number of benzene rings is 1. The van der Waals surface area contributed by atoms with Crippen molar-refractivity contribution in [2.45, 2.75) is 38.8 Å². The fourth-order valence-corrected chi connectivity index (χ4v) is 2.52. The molecule has 2 N–H and O–H groups in total. The SMILES string of the molecule is CC(N)Cc1ccc(N2CCCOC(C)C2)c(F)c1. The molecule has 0 aliphatic carbocycles. The molecule has 0 amide bonds. The van der Waals surface area contributed by atoms with Gasteiger partial charge in [-0.15, -0.1) is 0 Å². The van der Waals surface area contributed by atoms with E-state index in [9.17, 15) is 4.39 Å². The third-order valence-electron chi connectivity index (χ3n) is 3.36. The van der Waals surface area contributed by atoms with Gasteiger partial charge in [0.2, 0.25) is 0 Å². The van der Waals surface area contributed by atoms with E-state index in [1.807, 2.05) is 26.0 Å². The third kappa shape index (κ3) is 3.91. The van der Waals surface area contributed by atoms with E-state index in [4.69, 9.17) is 10.5 Å². The van der Waals surface area contributed by atoms with Gasteiger partial charge in [-0.2, -0.15) is 0 Å². The summed E-state index contributed by atoms with van der Waals surface area (Å²) in [6, 6.07) is 5.50. The zero-order valence-electron chi connectivity index (χ0n) is 11.7. The Balaban J connectivity index is 2.15. The molecule has 1 aromatic carbocycles. The molecule has 1 aliphatic heterocycles. The summed E-state index contributed by atoms with van der Waals surface area (Å²) < 4.78 is 19.8. The summed E-state index contributed by atoms with van der Waals surface area (Å²) >= 11 is 0. The third-order valence-corrected chi connectivity index (χ3v) is 3.36. The fraction of sp³-hybridized carbons (Fsp3) is 0.600. The summed E-state index contributed by atoms with van der Waals surface area (Å²) in [5, 5.41) is 0. The molecule has 1 aromatic rings. The Morgan fingerprint density at radius 3 is 3.00 bits per heavy atom. The molecule has 0 bridgehead atoms. The number of nitrogens with two attached hydrogens (primary N) is 1. The Labute approximate surface area is 114 Å². The van der Waals surface area contributed by atoms with Crippen molar-refractivity contribution < 1.29 is 9.13 Å². The Bertz CT molecular complexity index is 423. The van der Waals surface area contributed by atoms with Crippen molar-refractivity contribution in [3.63, 3.8) is 0 Å². The van der Waals surface area contributed by atoms with Crippen molar-refractivity contribution in [3.05, 3.63) is 29.6 Å². The lowest BCUT2D eigenvalue weighted by atomic mass is 10.1. The number of halogens is 1. The second-order valence-electron chi connectivity index (χ2n) is 5.45. The van der Waals surface area contributed by atoms with Gasteiger partial charge in [-0.05, 0) is 44.4 Å². The molecular weight excluding hydrogens is 243 g/mol. The van der Waals surface area contributed by atoms with E-state index < -0.39 is 0 Å². The predicted molar refractivity (Wildman–Crippen MR) is 76.0 cm³/mol. The lowest BCUT2D eigenvalue weighted by Gasteiger charge is -2.25. The molecule has 2 rings (SSSR count). The van der Waals surface area contributed by atoms with Crippen LogP contribution in [0, 0.1) is 5.82 Å². The lowest BCUT2D eigenvalue weighted by molar-refractivity contribution is 0.0820. The molecule has 4 heteroatoms. The second kappa shape index (κ2) is 6.35. The van der Waals surface area contributed by atoms with Crippen LogP contribution in [0.3, 0.4) is 0 Å². The van der Waals surface area contributed by atoms with Gasteiger partial charge < -0.3 is 15.4 Å². The van der Waals surface area contributed by atoms with Crippen LogP contribution in [-0.4, -0.2) is 31.8 Å². The first-order valence-corrected chi connectivity index (χ1v) is 6.97. The molecule has 3 nitrogen and oxygen atoms in total. The van der Waals surface area contributed by atoms with Crippen LogP contribution < -0.4 is 10.6 Å². The summed E-state index contributed by atoms with van der Waals surface area (Å²) in [6.07, 6.45) is 1.79. The molecule has 1 aliphatic rings. The fourth-order valence-electron chi connectivity index (χ4n) is 2.52. The van der Waals surface area contributed by atoms with Crippen molar-refractivity contribution in [3.8, 4) is 0 Å². The van der Waals surface area contributed by atoms with Crippen LogP contribution in [0.5, 0.6) is 0 Å². The normalized spacial score (nSPS) is 22.1. The van der Waals surface area contributed by atoms with Crippen LogP contribution in [0.15, 0.2) is 18.2 Å². The van der Waals surface area contributed by atoms with Gasteiger partial charge in [-0.1, -0.05) is 6.07 Å². The highest BCUT2D eigenvalue weighted by molar-refractivity contribution is 5.49. The van der Waals surface area contributed by atoms with Crippen molar-refractivity contribution in [2.75, 3.05) is 24.6 Å². The molecule has 2 atom stereocenters. The molecule has 0 aromatic heterocycles. The minimum Gasteiger partial charge on any atom is -0.377 e. The standard InChI is InChI=1S/C15H23FN2O/c1-11(17)8-13-4-5-15(14(16)9-13)18-6-3-7-19-12(2)10-18/h4-5,9,11-12H,3,6-8,10,17H2,1-2H3. The van der Waals surface area contributed by atoms with E-state index in [1.54, 1.807) is 6.07 Å². The Morgan fingerprint density at radius 1 is 1.53 bits per heavy atom. The molecule has 1 saturated heterocycles. The number of anilines is 1. The first-order chi connectivity index (χ1) is 9.06. The molecule has 1 heterocycles. The van der Waals surface area contributed by atoms with Gasteiger partial charge in [0, 0.05) is 25.7 Å². The molecule has 1 fully saturated rings. The first-order valence-electron chi connectivity index (χ1n) is 6.97. The number of hydrogen-bond donors (Lipinski definition) is 1. The van der Waals surface area contributed by atoms with Crippen LogP contribution >= 0.6 is 0 Å². The van der Waals surface area contributed by atoms with Crippen molar-refractivity contribution in [1.29, 1.82) is 0 Å². The van der Waals surface area contributed by atoms with E-state index in [0.717, 1.165) is 31.7 Å². The molecule has 19 heavy (non-hydrogen) atoms. The maximum Gasteiger partial charge on any atom is 0.146 e. The van der Waals surface area contributed by atoms with E-state index in [0.29, 0.717) is 12.1 Å². The highest BCUT2D eigenvalue weighted by atomic mass is 19.1. The highest BCUT2D eigenvalue weighted by Crippen LogP contribution is 2.23.